The normalized spacial score (nSPS) is 16.1. The Morgan fingerprint density at radius 3 is 2.54 bits per heavy atom. The zero-order valence-electron chi connectivity index (χ0n) is 20.1. The van der Waals surface area contributed by atoms with E-state index in [1.54, 1.807) is 17.0 Å². The number of nitrogens with zero attached hydrogens (tertiary/aromatic N) is 2. The van der Waals surface area contributed by atoms with Gasteiger partial charge in [-0.15, -0.1) is 0 Å². The molecule has 1 aliphatic heterocycles. The molecule has 7 nitrogen and oxygen atoms in total. The highest BCUT2D eigenvalue weighted by Gasteiger charge is 2.44. The summed E-state index contributed by atoms with van der Waals surface area (Å²) in [5, 5.41) is 11.6. The number of rotatable bonds is 10. The van der Waals surface area contributed by atoms with E-state index in [-0.39, 0.29) is 11.3 Å². The van der Waals surface area contributed by atoms with Gasteiger partial charge >= 0.3 is 0 Å². The van der Waals surface area contributed by atoms with Crippen molar-refractivity contribution >= 4 is 38.6 Å². The Labute approximate surface area is 213 Å². The first-order valence-corrected chi connectivity index (χ1v) is 12.5. The molecule has 0 fully saturated rings. The molecule has 2 heterocycles. The number of ketones is 1. The molecule has 8 heteroatoms. The predicted molar refractivity (Wildman–Crippen MR) is 138 cm³/mol. The van der Waals surface area contributed by atoms with Crippen LogP contribution >= 0.6 is 15.9 Å². The average molecular weight is 541 g/mol. The van der Waals surface area contributed by atoms with Gasteiger partial charge in [-0.1, -0.05) is 54.0 Å². The Balaban J connectivity index is 1.71. The Hall–Kier alpha value is -3.10. The van der Waals surface area contributed by atoms with E-state index in [0.29, 0.717) is 23.3 Å². The fraction of sp³-hybridized carbons (Fsp3) is 0.333. The van der Waals surface area contributed by atoms with Gasteiger partial charge < -0.3 is 24.1 Å². The van der Waals surface area contributed by atoms with Crippen LogP contribution in [0, 0.1) is 0 Å². The van der Waals surface area contributed by atoms with Gasteiger partial charge in [-0.05, 0) is 55.9 Å². The summed E-state index contributed by atoms with van der Waals surface area (Å²) in [5.74, 6) is -1.04. The molecule has 35 heavy (non-hydrogen) atoms. The van der Waals surface area contributed by atoms with Crippen molar-refractivity contribution < 1.29 is 23.8 Å². The van der Waals surface area contributed by atoms with Crippen LogP contribution in [-0.4, -0.2) is 59.9 Å². The van der Waals surface area contributed by atoms with Crippen molar-refractivity contribution in [3.05, 3.63) is 75.7 Å². The van der Waals surface area contributed by atoms with Crippen molar-refractivity contribution in [2.45, 2.75) is 26.3 Å². The molecule has 0 radical (unpaired) electrons. The molecular formula is C27H29BrN2O5. The second kappa shape index (κ2) is 10.7. The standard InChI is InChI=1S/C27H29BrN2O5/c1-4-29(5-2)14-7-15-30-23(17-10-12-19(28)13-11-17)22(25(32)27(30)33)24(31)21-16-18-8-6-9-20(34-3)26(18)35-21/h6,8-13,16,23,32H,4-5,7,14-15H2,1-3H3/t23-/m0/s1. The number of ether oxygens (including phenoxy) is 1. The van der Waals surface area contributed by atoms with Crippen LogP contribution in [0.4, 0.5) is 0 Å². The molecule has 0 unspecified atom stereocenters. The first-order chi connectivity index (χ1) is 16.9. The number of Topliss-reactive ketones (excluding diaryl/α,β-unsaturated/α-hetero) is 1. The summed E-state index contributed by atoms with van der Waals surface area (Å²) in [6, 6.07) is 13.7. The van der Waals surface area contributed by atoms with Gasteiger partial charge in [0.05, 0.1) is 18.7 Å². The van der Waals surface area contributed by atoms with Crippen molar-refractivity contribution in [3.63, 3.8) is 0 Å². The molecule has 1 amide bonds. The number of hydrogen-bond acceptors (Lipinski definition) is 6. The molecule has 1 aromatic heterocycles. The summed E-state index contributed by atoms with van der Waals surface area (Å²) >= 11 is 3.44. The van der Waals surface area contributed by atoms with E-state index in [0.717, 1.165) is 36.1 Å². The van der Waals surface area contributed by atoms with Crippen LogP contribution in [0.3, 0.4) is 0 Å². The van der Waals surface area contributed by atoms with E-state index < -0.39 is 23.5 Å². The second-order valence-electron chi connectivity index (χ2n) is 8.41. The van der Waals surface area contributed by atoms with Crippen LogP contribution < -0.4 is 4.74 Å². The van der Waals surface area contributed by atoms with Crippen molar-refractivity contribution in [2.75, 3.05) is 33.3 Å². The third-order valence-electron chi connectivity index (χ3n) is 6.45. The van der Waals surface area contributed by atoms with Gasteiger partial charge in [-0.3, -0.25) is 9.59 Å². The third kappa shape index (κ3) is 4.86. The molecule has 0 saturated heterocycles. The number of aliphatic hydroxyl groups excluding tert-OH is 1. The number of halogens is 1. The highest BCUT2D eigenvalue weighted by atomic mass is 79.9. The van der Waals surface area contributed by atoms with Crippen molar-refractivity contribution in [1.82, 2.24) is 9.80 Å². The van der Waals surface area contributed by atoms with E-state index in [9.17, 15) is 14.7 Å². The molecule has 1 aliphatic rings. The van der Waals surface area contributed by atoms with Gasteiger partial charge in [-0.25, -0.2) is 0 Å². The van der Waals surface area contributed by atoms with Crippen LogP contribution in [0.1, 0.15) is 42.4 Å². The summed E-state index contributed by atoms with van der Waals surface area (Å²) in [6.07, 6.45) is 0.719. The number of amides is 1. The highest BCUT2D eigenvalue weighted by molar-refractivity contribution is 9.10. The van der Waals surface area contributed by atoms with Gasteiger partial charge in [0.25, 0.3) is 5.91 Å². The topological polar surface area (TPSA) is 83.2 Å². The van der Waals surface area contributed by atoms with Crippen LogP contribution in [0.5, 0.6) is 5.75 Å². The molecule has 4 rings (SSSR count). The number of methoxy groups -OCH3 is 1. The van der Waals surface area contributed by atoms with Gasteiger partial charge in [-0.2, -0.15) is 0 Å². The van der Waals surface area contributed by atoms with Crippen LogP contribution in [0.15, 0.2) is 68.8 Å². The molecule has 1 atom stereocenters. The first-order valence-electron chi connectivity index (χ1n) is 11.7. The fourth-order valence-corrected chi connectivity index (χ4v) is 4.82. The summed E-state index contributed by atoms with van der Waals surface area (Å²) < 4.78 is 12.1. The molecular weight excluding hydrogens is 512 g/mol. The SMILES string of the molecule is CCN(CC)CCCN1C(=O)C(O)=C(C(=O)c2cc3cccc(OC)c3o2)[C@@H]1c1ccc(Br)cc1. The van der Waals surface area contributed by atoms with Gasteiger partial charge in [0, 0.05) is 16.4 Å². The number of fused-ring (bicyclic) bond motifs is 1. The molecule has 2 aromatic carbocycles. The minimum atomic E-state index is -0.713. The lowest BCUT2D eigenvalue weighted by atomic mass is 9.95. The zero-order valence-corrected chi connectivity index (χ0v) is 21.7. The Bertz CT molecular complexity index is 1260. The smallest absolute Gasteiger partial charge is 0.290 e. The number of para-hydroxylation sites is 1. The molecule has 0 aliphatic carbocycles. The number of benzene rings is 2. The second-order valence-corrected chi connectivity index (χ2v) is 9.33. The number of hydrogen-bond donors (Lipinski definition) is 1. The zero-order chi connectivity index (χ0) is 25.1. The molecule has 0 saturated carbocycles. The molecule has 1 N–H and O–H groups in total. The van der Waals surface area contributed by atoms with Crippen molar-refractivity contribution in [2.24, 2.45) is 0 Å². The lowest BCUT2D eigenvalue weighted by Crippen LogP contribution is -2.34. The summed E-state index contributed by atoms with van der Waals surface area (Å²) in [6.45, 7) is 7.26. The van der Waals surface area contributed by atoms with E-state index in [2.05, 4.69) is 34.7 Å². The van der Waals surface area contributed by atoms with Crippen molar-refractivity contribution in [1.29, 1.82) is 0 Å². The Kier molecular flexibility index (Phi) is 7.62. The van der Waals surface area contributed by atoms with Crippen LogP contribution in [0.25, 0.3) is 11.0 Å². The number of furan rings is 1. The minimum Gasteiger partial charge on any atom is -0.503 e. The largest absolute Gasteiger partial charge is 0.503 e. The van der Waals surface area contributed by atoms with Gasteiger partial charge in [0.1, 0.15) is 0 Å². The van der Waals surface area contributed by atoms with E-state index >= 15 is 0 Å². The van der Waals surface area contributed by atoms with Crippen LogP contribution in [0.2, 0.25) is 0 Å². The van der Waals surface area contributed by atoms with Crippen LogP contribution in [-0.2, 0) is 4.79 Å². The summed E-state index contributed by atoms with van der Waals surface area (Å²) in [4.78, 5) is 30.7. The first kappa shape index (κ1) is 25.0. The van der Waals surface area contributed by atoms with Gasteiger partial charge in [0.2, 0.25) is 5.78 Å². The Morgan fingerprint density at radius 2 is 1.89 bits per heavy atom. The lowest BCUT2D eigenvalue weighted by Gasteiger charge is -2.28. The highest BCUT2D eigenvalue weighted by Crippen LogP contribution is 2.40. The van der Waals surface area contributed by atoms with E-state index in [4.69, 9.17) is 9.15 Å². The maximum absolute atomic E-state index is 13.7. The maximum Gasteiger partial charge on any atom is 0.290 e. The van der Waals surface area contributed by atoms with Gasteiger partial charge in [0.15, 0.2) is 22.9 Å². The Morgan fingerprint density at radius 1 is 1.17 bits per heavy atom. The lowest BCUT2D eigenvalue weighted by molar-refractivity contribution is -0.129. The summed E-state index contributed by atoms with van der Waals surface area (Å²) in [5.41, 5.74) is 1.21. The average Bonchev–Trinajstić information content (AvgIpc) is 3.41. The number of carbonyl (C=O) groups is 2. The van der Waals surface area contributed by atoms with Crippen molar-refractivity contribution in [3.8, 4) is 5.75 Å². The fourth-order valence-electron chi connectivity index (χ4n) is 4.55. The summed E-state index contributed by atoms with van der Waals surface area (Å²) in [7, 11) is 1.53. The number of carbonyl (C=O) groups excluding carboxylic acids is 2. The molecule has 184 valence electrons. The quantitative estimate of drug-likeness (QED) is 0.341. The maximum atomic E-state index is 13.7. The van der Waals surface area contributed by atoms with E-state index in [1.807, 2.05) is 36.4 Å². The minimum absolute atomic E-state index is 0.0261. The third-order valence-corrected chi connectivity index (χ3v) is 6.98. The monoisotopic (exact) mass is 540 g/mol. The predicted octanol–water partition coefficient (Wildman–Crippen LogP) is 5.51. The number of aliphatic hydroxyl groups is 1. The molecule has 3 aromatic rings. The molecule has 0 spiro atoms. The molecule has 0 bridgehead atoms. The van der Waals surface area contributed by atoms with E-state index in [1.165, 1.54) is 7.11 Å².